The van der Waals surface area contributed by atoms with Crippen LogP contribution in [0.4, 0.5) is 0 Å². The van der Waals surface area contributed by atoms with Crippen molar-refractivity contribution in [3.8, 4) is 5.75 Å². The first kappa shape index (κ1) is 19.6. The minimum atomic E-state index is -0.635. The molecule has 6 heteroatoms. The Hall–Kier alpha value is -2.18. The summed E-state index contributed by atoms with van der Waals surface area (Å²) in [5, 5.41) is 6.17. The van der Waals surface area contributed by atoms with E-state index >= 15 is 0 Å². The molecule has 3 rings (SSSR count). The Morgan fingerprint density at radius 1 is 1.11 bits per heavy atom. The zero-order chi connectivity index (χ0) is 19.2. The van der Waals surface area contributed by atoms with Crippen LogP contribution in [0.3, 0.4) is 0 Å². The number of hydrazone groups is 1. The van der Waals surface area contributed by atoms with E-state index in [2.05, 4.69) is 42.4 Å². The highest BCUT2D eigenvalue weighted by Crippen LogP contribution is 2.33. The third-order valence-electron chi connectivity index (χ3n) is 4.02. The third kappa shape index (κ3) is 4.96. The molecule has 0 aliphatic rings. The molecule has 0 heterocycles. The van der Waals surface area contributed by atoms with Crippen LogP contribution in [0.2, 0.25) is 0 Å². The van der Waals surface area contributed by atoms with E-state index in [0.29, 0.717) is 12.2 Å². The van der Waals surface area contributed by atoms with Crippen molar-refractivity contribution in [2.45, 2.75) is 19.4 Å². The number of amides is 1. The van der Waals surface area contributed by atoms with Gasteiger partial charge in [-0.3, -0.25) is 4.79 Å². The van der Waals surface area contributed by atoms with Crippen LogP contribution in [0.15, 0.2) is 74.7 Å². The lowest BCUT2D eigenvalue weighted by molar-refractivity contribution is -0.128. The second kappa shape index (κ2) is 9.15. The zero-order valence-electron chi connectivity index (χ0n) is 14.7. The molecule has 0 fully saturated rings. The highest BCUT2D eigenvalue weighted by atomic mass is 79.9. The van der Waals surface area contributed by atoms with Gasteiger partial charge in [-0.15, -0.1) is 0 Å². The second-order valence-corrected chi connectivity index (χ2v) is 7.61. The van der Waals surface area contributed by atoms with Crippen LogP contribution in [-0.4, -0.2) is 18.2 Å². The fourth-order valence-electron chi connectivity index (χ4n) is 2.57. The zero-order valence-corrected chi connectivity index (χ0v) is 17.8. The average Bonchev–Trinajstić information content (AvgIpc) is 2.69. The molecule has 138 valence electrons. The average molecular weight is 490 g/mol. The normalized spacial score (nSPS) is 12.3. The highest BCUT2D eigenvalue weighted by Gasteiger charge is 2.19. The molecule has 0 saturated heterocycles. The summed E-state index contributed by atoms with van der Waals surface area (Å²) >= 11 is 6.97. The Labute approximate surface area is 174 Å². The fourth-order valence-corrected chi connectivity index (χ4v) is 3.42. The predicted molar refractivity (Wildman–Crippen MR) is 116 cm³/mol. The first-order valence-corrected chi connectivity index (χ1v) is 10.1. The number of carbonyl (C=O) groups excluding carboxylic acids is 1. The molecule has 0 saturated carbocycles. The van der Waals surface area contributed by atoms with Crippen molar-refractivity contribution in [1.82, 2.24) is 5.43 Å². The summed E-state index contributed by atoms with van der Waals surface area (Å²) < 4.78 is 7.77. The van der Waals surface area contributed by atoms with Gasteiger partial charge >= 0.3 is 0 Å². The summed E-state index contributed by atoms with van der Waals surface area (Å²) in [5.74, 6) is 0.346. The Bertz CT molecular complexity index is 972. The molecule has 4 nitrogen and oxygen atoms in total. The first-order chi connectivity index (χ1) is 13.1. The summed E-state index contributed by atoms with van der Waals surface area (Å²) in [7, 11) is 0. The highest BCUT2D eigenvalue weighted by molar-refractivity contribution is 9.11. The number of nitrogens with one attached hydrogen (secondary N) is 1. The van der Waals surface area contributed by atoms with Gasteiger partial charge in [0.2, 0.25) is 0 Å². The molecule has 3 aromatic carbocycles. The number of carbonyl (C=O) groups is 1. The van der Waals surface area contributed by atoms with Gasteiger partial charge in [-0.05, 0) is 56.9 Å². The van der Waals surface area contributed by atoms with Gasteiger partial charge in [-0.25, -0.2) is 5.43 Å². The lowest BCUT2D eigenvalue weighted by Gasteiger charge is -2.17. The van der Waals surface area contributed by atoms with Gasteiger partial charge < -0.3 is 4.74 Å². The van der Waals surface area contributed by atoms with Gasteiger partial charge in [0.15, 0.2) is 6.10 Å². The monoisotopic (exact) mass is 488 g/mol. The van der Waals surface area contributed by atoms with Crippen molar-refractivity contribution in [3.63, 3.8) is 0 Å². The number of ether oxygens (including phenoxy) is 1. The minimum absolute atomic E-state index is 0.286. The molecule has 27 heavy (non-hydrogen) atoms. The molecule has 0 radical (unpaired) electrons. The van der Waals surface area contributed by atoms with Crippen LogP contribution in [-0.2, 0) is 4.79 Å². The van der Waals surface area contributed by atoms with Crippen molar-refractivity contribution in [2.75, 3.05) is 0 Å². The van der Waals surface area contributed by atoms with Crippen LogP contribution >= 0.6 is 31.9 Å². The number of benzene rings is 3. The maximum atomic E-state index is 12.4. The Kier molecular flexibility index (Phi) is 6.63. The van der Waals surface area contributed by atoms with Crippen LogP contribution < -0.4 is 10.2 Å². The van der Waals surface area contributed by atoms with E-state index in [1.165, 1.54) is 0 Å². The fraction of sp³-hybridized carbons (Fsp3) is 0.143. The van der Waals surface area contributed by atoms with Crippen LogP contribution in [0, 0.1) is 0 Å². The summed E-state index contributed by atoms with van der Waals surface area (Å²) in [5.41, 5.74) is 3.45. The summed E-state index contributed by atoms with van der Waals surface area (Å²) in [6.45, 7) is 1.90. The van der Waals surface area contributed by atoms with Crippen molar-refractivity contribution in [1.29, 1.82) is 0 Å². The largest absolute Gasteiger partial charge is 0.479 e. The van der Waals surface area contributed by atoms with Crippen LogP contribution in [0.25, 0.3) is 10.8 Å². The van der Waals surface area contributed by atoms with E-state index in [4.69, 9.17) is 4.74 Å². The Morgan fingerprint density at radius 3 is 2.59 bits per heavy atom. The summed E-state index contributed by atoms with van der Waals surface area (Å²) in [6, 6.07) is 19.5. The smallest absolute Gasteiger partial charge is 0.281 e. The number of fused-ring (bicyclic) bond motifs is 1. The second-order valence-electron chi connectivity index (χ2n) is 5.90. The number of rotatable bonds is 6. The number of nitrogens with zero attached hydrogens (tertiary/aromatic N) is 1. The van der Waals surface area contributed by atoms with Gasteiger partial charge in [0.25, 0.3) is 5.91 Å². The molecule has 0 unspecified atom stereocenters. The molecule has 0 bridgehead atoms. The molecule has 1 atom stereocenters. The molecule has 0 aliphatic heterocycles. The van der Waals surface area contributed by atoms with Crippen LogP contribution in [0.1, 0.15) is 18.9 Å². The van der Waals surface area contributed by atoms with Gasteiger partial charge in [-0.2, -0.15) is 5.10 Å². The van der Waals surface area contributed by atoms with E-state index in [1.54, 1.807) is 6.21 Å². The molecule has 0 aliphatic carbocycles. The van der Waals surface area contributed by atoms with Gasteiger partial charge in [0.1, 0.15) is 5.75 Å². The van der Waals surface area contributed by atoms with Crippen molar-refractivity contribution >= 4 is 54.8 Å². The molecule has 3 aromatic rings. The van der Waals surface area contributed by atoms with E-state index in [-0.39, 0.29) is 5.91 Å². The standard InChI is InChI=1S/C21H18Br2N2O2/c1-2-18(21(26)25-24-13-14-7-10-16(22)11-8-14)27-19-12-9-15-5-3-4-6-17(15)20(19)23/h3-13,18H,2H2,1H3,(H,25,26)/b24-13-/t18-/m1/s1. The van der Waals surface area contributed by atoms with Crippen molar-refractivity contribution < 1.29 is 9.53 Å². The van der Waals surface area contributed by atoms with Gasteiger partial charge in [0, 0.05) is 4.47 Å². The third-order valence-corrected chi connectivity index (χ3v) is 5.37. The van der Waals surface area contributed by atoms with E-state index < -0.39 is 6.10 Å². The van der Waals surface area contributed by atoms with Crippen molar-refractivity contribution in [2.24, 2.45) is 5.10 Å². The number of hydrogen-bond donors (Lipinski definition) is 1. The number of halogens is 2. The molecular formula is C21H18Br2N2O2. The Morgan fingerprint density at radius 2 is 1.85 bits per heavy atom. The van der Waals surface area contributed by atoms with Gasteiger partial charge in [0.05, 0.1) is 10.7 Å². The molecule has 1 amide bonds. The SMILES string of the molecule is CC[C@@H](Oc1ccc2ccccc2c1Br)C(=O)N/N=C\c1ccc(Br)cc1. The molecule has 0 aromatic heterocycles. The summed E-state index contributed by atoms with van der Waals surface area (Å²) in [4.78, 5) is 12.4. The van der Waals surface area contributed by atoms with E-state index in [0.717, 1.165) is 25.3 Å². The number of hydrogen-bond acceptors (Lipinski definition) is 3. The maximum absolute atomic E-state index is 12.4. The lowest BCUT2D eigenvalue weighted by Crippen LogP contribution is -2.35. The lowest BCUT2D eigenvalue weighted by atomic mass is 10.1. The predicted octanol–water partition coefficient (Wildman–Crippen LogP) is 5.67. The van der Waals surface area contributed by atoms with Crippen molar-refractivity contribution in [3.05, 3.63) is 75.2 Å². The van der Waals surface area contributed by atoms with Gasteiger partial charge in [-0.1, -0.05) is 65.3 Å². The first-order valence-electron chi connectivity index (χ1n) is 8.51. The van der Waals surface area contributed by atoms with E-state index in [1.807, 2.05) is 67.6 Å². The minimum Gasteiger partial charge on any atom is -0.479 e. The molecule has 0 spiro atoms. The van der Waals surface area contributed by atoms with E-state index in [9.17, 15) is 4.79 Å². The molecule has 1 N–H and O–H groups in total. The topological polar surface area (TPSA) is 50.7 Å². The Balaban J connectivity index is 1.68. The van der Waals surface area contributed by atoms with Crippen LogP contribution in [0.5, 0.6) is 5.75 Å². The maximum Gasteiger partial charge on any atom is 0.281 e. The molecular weight excluding hydrogens is 472 g/mol. The quantitative estimate of drug-likeness (QED) is 0.358. The summed E-state index contributed by atoms with van der Waals surface area (Å²) in [6.07, 6.45) is 1.49.